The summed E-state index contributed by atoms with van der Waals surface area (Å²) in [7, 11) is -6.69. The number of fused-ring (bicyclic) bond motifs is 14. The van der Waals surface area contributed by atoms with Crippen LogP contribution >= 0.6 is 0 Å². The Hall–Kier alpha value is -5.41. The smallest absolute Gasteiger partial charge is 0.404 e. The number of aromatic nitrogens is 2. The maximum Gasteiger partial charge on any atom is 0.592 e. The standard InChI is InChI=1S/C48H46N8O2Si2/c1-5-47-23-29-22-30(24-47)26-48(25-29,27-47)28-57-60(58-59(2,3)4)55-43-35-18-10-11-19-36(35)45(55)53-41-33-16-8-9-17-34(33)42(50-41)54-46-38-21-13-12-20-37(38)44(56(46)60)52-40-32-15-7-6-14-31(32)39(49-40)51-43/h6-21,29-30H,5,22-28H2,1-4H3. The highest BCUT2D eigenvalue weighted by molar-refractivity contribution is 6.81. The lowest BCUT2D eigenvalue weighted by Gasteiger charge is -2.62. The van der Waals surface area contributed by atoms with Gasteiger partial charge in [0.05, 0.1) is 0 Å². The van der Waals surface area contributed by atoms with Gasteiger partial charge in [0, 0.05) is 50.4 Å². The second-order valence-corrected chi connectivity index (χ2v) is 26.8. The summed E-state index contributed by atoms with van der Waals surface area (Å²) >= 11 is 0. The van der Waals surface area contributed by atoms with Crippen molar-refractivity contribution in [3.63, 3.8) is 0 Å². The van der Waals surface area contributed by atoms with Gasteiger partial charge in [-0.25, -0.2) is 30.0 Å². The summed E-state index contributed by atoms with van der Waals surface area (Å²) in [4.78, 5) is 33.0. The van der Waals surface area contributed by atoms with E-state index in [1.54, 1.807) is 0 Å². The van der Waals surface area contributed by atoms with Crippen LogP contribution in [-0.2, 0) is 8.54 Å². The van der Waals surface area contributed by atoms with Crippen LogP contribution in [0.2, 0.25) is 19.6 Å². The number of nitrogens with zero attached hydrogens (tertiary/aromatic N) is 8. The van der Waals surface area contributed by atoms with Gasteiger partial charge in [-0.15, -0.1) is 0 Å². The molecule has 14 rings (SSSR count). The van der Waals surface area contributed by atoms with Crippen molar-refractivity contribution in [3.8, 4) is 0 Å². The fourth-order valence-corrected chi connectivity index (χ4v) is 19.4. The van der Waals surface area contributed by atoms with Crippen molar-refractivity contribution < 1.29 is 8.54 Å². The van der Waals surface area contributed by atoms with Crippen molar-refractivity contribution in [2.45, 2.75) is 71.5 Å². The predicted molar refractivity (Wildman–Crippen MR) is 241 cm³/mol. The quantitative estimate of drug-likeness (QED) is 0.157. The van der Waals surface area contributed by atoms with E-state index in [4.69, 9.17) is 38.5 Å². The topological polar surface area (TPSA) is 102 Å². The summed E-state index contributed by atoms with van der Waals surface area (Å²) in [5.74, 6) is 5.36. The minimum Gasteiger partial charge on any atom is -0.404 e. The molecule has 10 bridgehead atoms. The number of aliphatic imine (C=N–C) groups is 4. The molecule has 298 valence electrons. The average Bonchev–Trinajstić information content (AvgIpc) is 3.95. The molecule has 60 heavy (non-hydrogen) atoms. The van der Waals surface area contributed by atoms with Crippen molar-refractivity contribution in [2.24, 2.45) is 52.6 Å². The third kappa shape index (κ3) is 4.93. The Morgan fingerprint density at radius 1 is 0.567 bits per heavy atom. The lowest BCUT2D eigenvalue weighted by Crippen LogP contribution is -2.68. The van der Waals surface area contributed by atoms with Gasteiger partial charge in [-0.1, -0.05) is 110 Å². The van der Waals surface area contributed by atoms with Gasteiger partial charge in [0.15, 0.2) is 31.7 Å². The molecule has 6 heterocycles. The Morgan fingerprint density at radius 3 is 1.47 bits per heavy atom. The van der Waals surface area contributed by atoms with Crippen LogP contribution in [-0.4, -0.2) is 55.6 Å². The second kappa shape index (κ2) is 12.1. The van der Waals surface area contributed by atoms with Gasteiger partial charge in [0.2, 0.25) is 0 Å². The number of rotatable bonds is 6. The van der Waals surface area contributed by atoms with Crippen molar-refractivity contribution in [3.05, 3.63) is 130 Å². The monoisotopic (exact) mass is 822 g/mol. The zero-order valence-corrected chi connectivity index (χ0v) is 36.4. The Morgan fingerprint density at radius 2 is 1.00 bits per heavy atom. The van der Waals surface area contributed by atoms with Crippen LogP contribution in [0.25, 0.3) is 21.5 Å². The predicted octanol–water partition coefficient (Wildman–Crippen LogP) is 9.24. The van der Waals surface area contributed by atoms with Crippen LogP contribution in [0.4, 0.5) is 11.6 Å². The number of benzene rings is 4. The molecule has 4 aliphatic carbocycles. The van der Waals surface area contributed by atoms with Crippen LogP contribution in [0.1, 0.15) is 74.1 Å². The van der Waals surface area contributed by atoms with Gasteiger partial charge in [-0.05, 0) is 80.8 Å². The van der Waals surface area contributed by atoms with E-state index in [0.29, 0.717) is 58.0 Å². The first-order valence-corrected chi connectivity index (χ1v) is 26.8. The van der Waals surface area contributed by atoms with E-state index in [0.717, 1.165) is 55.6 Å². The minimum atomic E-state index is -4.15. The molecule has 3 atom stereocenters. The molecule has 10 nitrogen and oxygen atoms in total. The maximum absolute atomic E-state index is 8.19. The molecule has 4 aromatic carbocycles. The summed E-state index contributed by atoms with van der Waals surface area (Å²) < 4.78 is 20.8. The van der Waals surface area contributed by atoms with E-state index in [9.17, 15) is 0 Å². The Labute approximate surface area is 350 Å². The fraction of sp³-hybridized carbons (Fsp3) is 0.333. The normalized spacial score (nSPS) is 27.7. The molecular weight excluding hydrogens is 777 g/mol. The third-order valence-electron chi connectivity index (χ3n) is 14.4. The Kier molecular flexibility index (Phi) is 7.14. The van der Waals surface area contributed by atoms with Gasteiger partial charge in [-0.2, -0.15) is 0 Å². The average molecular weight is 823 g/mol. The molecule has 4 saturated carbocycles. The molecule has 0 saturated heterocycles. The number of hydrogen-bond acceptors (Lipinski definition) is 8. The molecular formula is C48H46N8O2Si2. The van der Waals surface area contributed by atoms with Crippen LogP contribution < -0.4 is 11.0 Å². The summed E-state index contributed by atoms with van der Waals surface area (Å²) in [5, 5.41) is 3.81. The summed E-state index contributed by atoms with van der Waals surface area (Å²) in [6, 6.07) is 33.6. The van der Waals surface area contributed by atoms with Crippen molar-refractivity contribution in [1.82, 2.24) is 8.47 Å². The van der Waals surface area contributed by atoms with Crippen molar-refractivity contribution in [1.29, 1.82) is 0 Å². The second-order valence-electron chi connectivity index (χ2n) is 19.5. The van der Waals surface area contributed by atoms with Crippen molar-refractivity contribution in [2.75, 3.05) is 6.61 Å². The zero-order chi connectivity index (χ0) is 40.2. The van der Waals surface area contributed by atoms with Crippen LogP contribution in [0, 0.1) is 22.7 Å². The third-order valence-corrected chi connectivity index (χ3v) is 20.4. The number of amidine groups is 4. The molecule has 0 N–H and O–H groups in total. The summed E-state index contributed by atoms with van der Waals surface area (Å²) in [6.07, 6.45) is 8.86. The van der Waals surface area contributed by atoms with Gasteiger partial charge in [-0.3, -0.25) is 8.47 Å². The molecule has 3 unspecified atom stereocenters. The molecule has 4 aliphatic heterocycles. The van der Waals surface area contributed by atoms with Gasteiger partial charge in [0.1, 0.15) is 22.6 Å². The fourth-order valence-electron chi connectivity index (χ4n) is 12.6. The molecule has 12 heteroatoms. The number of hydrogen-bond donors (Lipinski definition) is 0. The highest BCUT2D eigenvalue weighted by Crippen LogP contribution is 2.66. The summed E-state index contributed by atoms with van der Waals surface area (Å²) in [5.41, 5.74) is 5.61. The van der Waals surface area contributed by atoms with E-state index < -0.39 is 17.2 Å². The van der Waals surface area contributed by atoms with Crippen molar-refractivity contribution >= 4 is 73.7 Å². The van der Waals surface area contributed by atoms with Crippen LogP contribution in [0.3, 0.4) is 0 Å². The first kappa shape index (κ1) is 35.4. The van der Waals surface area contributed by atoms with E-state index >= 15 is 0 Å². The first-order valence-electron chi connectivity index (χ1n) is 21.7. The molecule has 8 aliphatic rings. The van der Waals surface area contributed by atoms with E-state index in [1.807, 2.05) is 0 Å². The molecule has 6 aromatic rings. The molecule has 0 spiro atoms. The molecule has 4 fully saturated rings. The first-order chi connectivity index (χ1) is 29.1. The summed E-state index contributed by atoms with van der Waals surface area (Å²) in [6.45, 7) is 9.82. The van der Waals surface area contributed by atoms with Gasteiger partial charge in [0.25, 0.3) is 0 Å². The molecule has 2 aromatic heterocycles. The van der Waals surface area contributed by atoms with E-state index in [-0.39, 0.29) is 5.41 Å². The van der Waals surface area contributed by atoms with E-state index in [2.05, 4.69) is 132 Å². The van der Waals surface area contributed by atoms with Gasteiger partial charge < -0.3 is 8.54 Å². The van der Waals surface area contributed by atoms with Crippen LogP contribution in [0.15, 0.2) is 127 Å². The highest BCUT2D eigenvalue weighted by atomic mass is 28.5. The Balaban J connectivity index is 1.23. The molecule has 0 radical (unpaired) electrons. The largest absolute Gasteiger partial charge is 0.592 e. The lowest BCUT2D eigenvalue weighted by molar-refractivity contribution is -0.130. The Bertz CT molecular complexity index is 2990. The maximum atomic E-state index is 8.19. The van der Waals surface area contributed by atoms with Gasteiger partial charge >= 0.3 is 8.88 Å². The SMILES string of the molecule is CCC12CC3CC(C1)CC(CO[Si]1(O[Si](C)(C)C)n4c5c6ccccc6c4N=C4N=C(N=c6c7ccccc7c(n61)=NC1=NC(=N5)c5ccccc51)c1ccccc14)(C3)C2. The highest BCUT2D eigenvalue weighted by Gasteiger charge is 2.60. The molecule has 0 amide bonds. The zero-order valence-electron chi connectivity index (χ0n) is 34.4. The minimum absolute atomic E-state index is 0.0415. The lowest BCUT2D eigenvalue weighted by atomic mass is 9.44. The van der Waals surface area contributed by atoms with E-state index in [1.165, 1.54) is 44.9 Å². The van der Waals surface area contributed by atoms with Crippen LogP contribution in [0.5, 0.6) is 0 Å².